The minimum Gasteiger partial charge on any atom is -0.454 e. The lowest BCUT2D eigenvalue weighted by molar-refractivity contribution is 0.671. The molecule has 0 amide bonds. The van der Waals surface area contributed by atoms with Crippen molar-refractivity contribution in [1.29, 1.82) is 0 Å². The number of hydrogen-bond donors (Lipinski definition) is 0. The van der Waals surface area contributed by atoms with Crippen LogP contribution in [-0.2, 0) is 0 Å². The first-order chi connectivity index (χ1) is 23.3. The van der Waals surface area contributed by atoms with Crippen LogP contribution in [0.2, 0.25) is 0 Å². The lowest BCUT2D eigenvalue weighted by atomic mass is 10.0. The van der Waals surface area contributed by atoms with Gasteiger partial charge in [0.1, 0.15) is 5.58 Å². The Bertz CT molecular complexity index is 2880. The van der Waals surface area contributed by atoms with Gasteiger partial charge in [0.05, 0.1) is 28.6 Å². The van der Waals surface area contributed by atoms with Crippen molar-refractivity contribution in [2.45, 2.75) is 0 Å². The zero-order valence-electron chi connectivity index (χ0n) is 25.2. The van der Waals surface area contributed by atoms with E-state index in [4.69, 9.17) is 11.0 Å². The first-order valence-electron chi connectivity index (χ1n) is 15.7. The van der Waals surface area contributed by atoms with E-state index in [0.29, 0.717) is 5.69 Å². The molecule has 0 saturated heterocycles. The number of benzene rings is 7. The van der Waals surface area contributed by atoms with Gasteiger partial charge >= 0.3 is 0 Å². The molecule has 0 fully saturated rings. The van der Waals surface area contributed by atoms with E-state index in [2.05, 4.69) is 147 Å². The maximum atomic E-state index is 7.54. The van der Waals surface area contributed by atoms with Crippen molar-refractivity contribution >= 4 is 71.2 Å². The molecule has 7 aromatic carbocycles. The second-order valence-corrected chi connectivity index (χ2v) is 12.1. The van der Waals surface area contributed by atoms with Gasteiger partial charge in [0.2, 0.25) is 0 Å². The highest BCUT2D eigenvalue weighted by Gasteiger charge is 2.19. The molecule has 0 aliphatic rings. The van der Waals surface area contributed by atoms with Crippen molar-refractivity contribution < 1.29 is 4.42 Å². The Morgan fingerprint density at radius 2 is 1.00 bits per heavy atom. The van der Waals surface area contributed by atoms with Crippen LogP contribution in [0.15, 0.2) is 156 Å². The van der Waals surface area contributed by atoms with Crippen molar-refractivity contribution in [3.63, 3.8) is 0 Å². The zero-order chi connectivity index (χ0) is 31.1. The summed E-state index contributed by atoms with van der Waals surface area (Å²) in [6.45, 7) is 7.54. The van der Waals surface area contributed by atoms with Crippen molar-refractivity contribution in [2.24, 2.45) is 0 Å². The number of hydrogen-bond acceptors (Lipinski definition) is 1. The summed E-state index contributed by atoms with van der Waals surface area (Å²) >= 11 is 0. The first-order valence-corrected chi connectivity index (χ1v) is 15.7. The van der Waals surface area contributed by atoms with Crippen molar-refractivity contribution in [3.8, 4) is 22.5 Å². The Kier molecular flexibility index (Phi) is 5.32. The molecule has 218 valence electrons. The van der Waals surface area contributed by atoms with E-state index >= 15 is 0 Å². The molecule has 3 heterocycles. The SMILES string of the molecule is [C-]#[N+]c1ccc2oc3c(ccc4c5ccccc5n(-c5cccc(-c6cccc(-n7c8ccccc8c8ccccc87)c6)c5)c43)c2c1. The van der Waals surface area contributed by atoms with Crippen LogP contribution in [0.3, 0.4) is 0 Å². The molecule has 10 aromatic rings. The number of aromatic nitrogens is 2. The fourth-order valence-corrected chi connectivity index (χ4v) is 7.46. The van der Waals surface area contributed by atoms with Gasteiger partial charge in [-0.15, -0.1) is 0 Å². The van der Waals surface area contributed by atoms with Gasteiger partial charge in [-0.3, -0.25) is 0 Å². The Labute approximate surface area is 269 Å². The van der Waals surface area contributed by atoms with Crippen molar-refractivity contribution in [2.75, 3.05) is 0 Å². The summed E-state index contributed by atoms with van der Waals surface area (Å²) in [6, 6.07) is 53.4. The largest absolute Gasteiger partial charge is 0.454 e. The molecule has 47 heavy (non-hydrogen) atoms. The Hall–Kier alpha value is -6.57. The minimum absolute atomic E-state index is 0.608. The summed E-state index contributed by atoms with van der Waals surface area (Å²) in [5.41, 5.74) is 11.2. The minimum atomic E-state index is 0.608. The highest BCUT2D eigenvalue weighted by atomic mass is 16.3. The van der Waals surface area contributed by atoms with Crippen LogP contribution in [0.5, 0.6) is 0 Å². The van der Waals surface area contributed by atoms with E-state index < -0.39 is 0 Å². The molecule has 0 aliphatic heterocycles. The Morgan fingerprint density at radius 1 is 0.447 bits per heavy atom. The topological polar surface area (TPSA) is 27.4 Å². The number of fused-ring (bicyclic) bond motifs is 10. The van der Waals surface area contributed by atoms with Gasteiger partial charge in [0.25, 0.3) is 0 Å². The molecule has 4 heteroatoms. The normalized spacial score (nSPS) is 11.8. The van der Waals surface area contributed by atoms with Crippen LogP contribution < -0.4 is 0 Å². The molecule has 0 aliphatic carbocycles. The van der Waals surface area contributed by atoms with Crippen molar-refractivity contribution in [3.05, 3.63) is 163 Å². The summed E-state index contributed by atoms with van der Waals surface area (Å²) in [5, 5.41) is 6.79. The zero-order valence-corrected chi connectivity index (χ0v) is 25.2. The molecule has 0 radical (unpaired) electrons. The monoisotopic (exact) mass is 599 g/mol. The van der Waals surface area contributed by atoms with Crippen LogP contribution >= 0.6 is 0 Å². The number of furan rings is 1. The van der Waals surface area contributed by atoms with Crippen LogP contribution in [0.1, 0.15) is 0 Å². The van der Waals surface area contributed by atoms with E-state index in [-0.39, 0.29) is 0 Å². The van der Waals surface area contributed by atoms with E-state index in [1.54, 1.807) is 0 Å². The van der Waals surface area contributed by atoms with Crippen LogP contribution in [0.4, 0.5) is 5.69 Å². The van der Waals surface area contributed by atoms with E-state index in [9.17, 15) is 0 Å². The summed E-state index contributed by atoms with van der Waals surface area (Å²) < 4.78 is 11.3. The third kappa shape index (κ3) is 3.69. The summed E-state index contributed by atoms with van der Waals surface area (Å²) in [5.74, 6) is 0. The fourth-order valence-electron chi connectivity index (χ4n) is 7.46. The van der Waals surface area contributed by atoms with E-state index in [1.165, 1.54) is 27.2 Å². The van der Waals surface area contributed by atoms with Gasteiger partial charge in [-0.1, -0.05) is 91.0 Å². The number of nitrogens with zero attached hydrogens (tertiary/aromatic N) is 3. The second-order valence-electron chi connectivity index (χ2n) is 12.1. The molecule has 0 spiro atoms. The average Bonchev–Trinajstić information content (AvgIpc) is 3.79. The molecular weight excluding hydrogens is 574 g/mol. The quantitative estimate of drug-likeness (QED) is 0.186. The lowest BCUT2D eigenvalue weighted by Gasteiger charge is -2.13. The van der Waals surface area contributed by atoms with Gasteiger partial charge in [-0.25, -0.2) is 4.85 Å². The molecular formula is C43H25N3O. The van der Waals surface area contributed by atoms with Crippen LogP contribution in [0.25, 0.3) is 92.9 Å². The summed E-state index contributed by atoms with van der Waals surface area (Å²) in [4.78, 5) is 3.66. The predicted octanol–water partition coefficient (Wildman–Crippen LogP) is 12.0. The standard InChI is InChI=1S/C43H25N3O/c1-44-29-20-23-41-37(26-29)36-22-21-35-34-16-4-7-19-40(34)46(42(35)43(36)47-41)31-13-9-11-28(25-31)27-10-8-12-30(24-27)45-38-17-5-2-14-32(38)33-15-3-6-18-39(33)45/h2-26H. The Morgan fingerprint density at radius 3 is 1.64 bits per heavy atom. The predicted molar refractivity (Wildman–Crippen MR) is 194 cm³/mol. The third-order valence-corrected chi connectivity index (χ3v) is 9.51. The molecule has 0 bridgehead atoms. The van der Waals surface area contributed by atoms with Crippen LogP contribution in [0, 0.1) is 6.57 Å². The summed E-state index contributed by atoms with van der Waals surface area (Å²) in [7, 11) is 0. The fraction of sp³-hybridized carbons (Fsp3) is 0. The number of para-hydroxylation sites is 3. The molecule has 0 unspecified atom stereocenters. The molecule has 0 saturated carbocycles. The van der Waals surface area contributed by atoms with Gasteiger partial charge in [-0.05, 0) is 71.8 Å². The molecule has 0 atom stereocenters. The lowest BCUT2D eigenvalue weighted by Crippen LogP contribution is -1.96. The maximum absolute atomic E-state index is 7.54. The summed E-state index contributed by atoms with van der Waals surface area (Å²) in [6.07, 6.45) is 0. The second kappa shape index (κ2) is 9.71. The molecule has 0 N–H and O–H groups in total. The molecule has 4 nitrogen and oxygen atoms in total. The highest BCUT2D eigenvalue weighted by molar-refractivity contribution is 6.21. The van der Waals surface area contributed by atoms with Crippen LogP contribution in [-0.4, -0.2) is 9.13 Å². The van der Waals surface area contributed by atoms with E-state index in [0.717, 1.165) is 60.9 Å². The van der Waals surface area contributed by atoms with Gasteiger partial charge < -0.3 is 13.6 Å². The molecule has 10 rings (SSSR count). The smallest absolute Gasteiger partial charge is 0.188 e. The molecule has 3 aromatic heterocycles. The van der Waals surface area contributed by atoms with Gasteiger partial charge in [0, 0.05) is 43.7 Å². The van der Waals surface area contributed by atoms with Crippen molar-refractivity contribution in [1.82, 2.24) is 9.13 Å². The van der Waals surface area contributed by atoms with Gasteiger partial charge in [-0.2, -0.15) is 0 Å². The van der Waals surface area contributed by atoms with Gasteiger partial charge in [0.15, 0.2) is 11.3 Å². The maximum Gasteiger partial charge on any atom is 0.188 e. The third-order valence-electron chi connectivity index (χ3n) is 9.51. The number of rotatable bonds is 3. The average molecular weight is 600 g/mol. The Balaban J connectivity index is 1.20. The highest BCUT2D eigenvalue weighted by Crippen LogP contribution is 2.41. The first kappa shape index (κ1) is 25.7. The van der Waals surface area contributed by atoms with E-state index in [1.807, 2.05) is 18.2 Å².